The molecule has 190 valence electrons. The van der Waals surface area contributed by atoms with Crippen LogP contribution in [0.4, 0.5) is 23.0 Å². The molecule has 1 aliphatic rings. The maximum atomic E-state index is 12.9. The number of H-pyrrole nitrogens is 1. The summed E-state index contributed by atoms with van der Waals surface area (Å²) in [6.07, 6.45) is 2.56. The Kier molecular flexibility index (Phi) is 6.82. The van der Waals surface area contributed by atoms with Gasteiger partial charge in [-0.3, -0.25) is 10.1 Å². The Morgan fingerprint density at radius 3 is 2.41 bits per heavy atom. The maximum Gasteiger partial charge on any atom is 0.325 e. The summed E-state index contributed by atoms with van der Waals surface area (Å²) in [5, 5.41) is 21.1. The number of nitro groups is 1. The second-order valence-corrected chi connectivity index (χ2v) is 9.43. The number of nitrogens with zero attached hydrogens (tertiary/aromatic N) is 4. The Morgan fingerprint density at radius 2 is 1.73 bits per heavy atom. The van der Waals surface area contributed by atoms with Crippen LogP contribution in [-0.4, -0.2) is 46.1 Å². The standard InChI is InChI=1S/C27H30N7O3/c1-18-6-5-7-19(2)25(18)20-16-23-26(24(17-20)34(36)37)30-27(31-33(23)35)29-22-10-8-21(9-11-22)28-12-15-32-13-3-4-14-32/h5-11,16-17,28H,3-4,12-15H2,1-2H3,(H2,29,30,31,35)/q+1. The molecule has 0 spiro atoms. The quantitative estimate of drug-likeness (QED) is 0.178. The highest BCUT2D eigenvalue weighted by molar-refractivity contribution is 5.89. The van der Waals surface area contributed by atoms with Gasteiger partial charge in [0.15, 0.2) is 4.54 Å². The van der Waals surface area contributed by atoms with Gasteiger partial charge in [-0.25, -0.2) is 0 Å². The van der Waals surface area contributed by atoms with Gasteiger partial charge in [-0.1, -0.05) is 23.3 Å². The molecule has 5 rings (SSSR count). The first kappa shape index (κ1) is 24.4. The monoisotopic (exact) mass is 500 g/mol. The summed E-state index contributed by atoms with van der Waals surface area (Å²) in [6, 6.07) is 16.6. The molecular formula is C27H30N7O3+. The molecule has 4 aromatic rings. The number of aromatic amines is 1. The molecule has 3 N–H and O–H groups in total. The van der Waals surface area contributed by atoms with Crippen LogP contribution < -0.4 is 15.2 Å². The zero-order valence-corrected chi connectivity index (χ0v) is 21.0. The van der Waals surface area contributed by atoms with Crippen LogP contribution in [0.2, 0.25) is 0 Å². The Labute approximate surface area is 214 Å². The Bertz CT molecular complexity index is 1490. The van der Waals surface area contributed by atoms with Crippen LogP contribution in [0.15, 0.2) is 54.6 Å². The number of likely N-dealkylation sites (tertiary alicyclic amines) is 1. The number of hydrogen-bond donors (Lipinski definition) is 3. The average Bonchev–Trinajstić information content (AvgIpc) is 3.38. The van der Waals surface area contributed by atoms with Gasteiger partial charge < -0.3 is 15.5 Å². The fraction of sp³-hybridized carbons (Fsp3) is 0.296. The summed E-state index contributed by atoms with van der Waals surface area (Å²) >= 11 is 0. The van der Waals surface area contributed by atoms with Gasteiger partial charge in [0.2, 0.25) is 5.52 Å². The van der Waals surface area contributed by atoms with Crippen molar-refractivity contribution in [3.05, 3.63) is 80.7 Å². The van der Waals surface area contributed by atoms with Crippen molar-refractivity contribution >= 4 is 34.0 Å². The molecule has 0 unspecified atom stereocenters. The van der Waals surface area contributed by atoms with Gasteiger partial charge in [-0.2, -0.15) is 4.98 Å². The van der Waals surface area contributed by atoms with Gasteiger partial charge >= 0.3 is 11.2 Å². The number of rotatable bonds is 8. The van der Waals surface area contributed by atoms with Crippen LogP contribution in [0, 0.1) is 28.9 Å². The van der Waals surface area contributed by atoms with E-state index in [1.807, 2.05) is 56.3 Å². The molecule has 1 aromatic heterocycles. The third kappa shape index (κ3) is 5.29. The number of aryl methyl sites for hydroxylation is 2. The Hall–Kier alpha value is -4.31. The van der Waals surface area contributed by atoms with Crippen molar-refractivity contribution in [3.8, 4) is 11.1 Å². The maximum absolute atomic E-state index is 12.9. The van der Waals surface area contributed by atoms with Crippen LogP contribution >= 0.6 is 0 Å². The lowest BCUT2D eigenvalue weighted by molar-refractivity contribution is -0.535. The van der Waals surface area contributed by atoms with E-state index in [0.717, 1.165) is 35.5 Å². The second kappa shape index (κ2) is 10.4. The van der Waals surface area contributed by atoms with E-state index in [2.05, 4.69) is 25.6 Å². The normalized spacial score (nSPS) is 13.7. The predicted octanol–water partition coefficient (Wildman–Crippen LogP) is 4.92. The number of anilines is 3. The topological polar surface area (TPSA) is 122 Å². The third-order valence-electron chi connectivity index (χ3n) is 6.79. The summed E-state index contributed by atoms with van der Waals surface area (Å²) in [6.45, 7) is 8.11. The summed E-state index contributed by atoms with van der Waals surface area (Å²) < 4.78 is 0.517. The minimum atomic E-state index is -0.501. The highest BCUT2D eigenvalue weighted by Crippen LogP contribution is 2.33. The van der Waals surface area contributed by atoms with Crippen LogP contribution in [0.25, 0.3) is 22.2 Å². The van der Waals surface area contributed by atoms with Crippen LogP contribution in [-0.2, 0) is 0 Å². The van der Waals surface area contributed by atoms with Crippen molar-refractivity contribution in [2.75, 3.05) is 36.8 Å². The van der Waals surface area contributed by atoms with Crippen molar-refractivity contribution in [1.29, 1.82) is 0 Å². The zero-order valence-electron chi connectivity index (χ0n) is 21.0. The molecule has 3 aromatic carbocycles. The number of nitro benzene ring substituents is 1. The van der Waals surface area contributed by atoms with Crippen LogP contribution in [0.3, 0.4) is 0 Å². The molecule has 0 amide bonds. The molecule has 10 nitrogen and oxygen atoms in total. The Morgan fingerprint density at radius 1 is 1.05 bits per heavy atom. The smallest absolute Gasteiger partial charge is 0.325 e. The van der Waals surface area contributed by atoms with E-state index >= 15 is 0 Å². The fourth-order valence-corrected chi connectivity index (χ4v) is 4.95. The van der Waals surface area contributed by atoms with E-state index in [0.29, 0.717) is 15.8 Å². The van der Waals surface area contributed by atoms with E-state index in [4.69, 9.17) is 0 Å². The molecule has 0 atom stereocenters. The van der Waals surface area contributed by atoms with Gasteiger partial charge in [0.1, 0.15) is 0 Å². The lowest BCUT2D eigenvalue weighted by Gasteiger charge is -2.15. The van der Waals surface area contributed by atoms with Gasteiger partial charge in [0.25, 0.3) is 5.95 Å². The first-order valence-corrected chi connectivity index (χ1v) is 12.4. The van der Waals surface area contributed by atoms with E-state index in [1.54, 1.807) is 6.07 Å². The number of aromatic nitrogens is 3. The molecule has 0 aliphatic carbocycles. The van der Waals surface area contributed by atoms with Gasteiger partial charge in [-0.05, 0) is 86.3 Å². The first-order valence-electron chi connectivity index (χ1n) is 12.4. The van der Waals surface area contributed by atoms with Gasteiger partial charge in [-0.15, -0.1) is 0 Å². The summed E-state index contributed by atoms with van der Waals surface area (Å²) in [5.41, 5.74) is 4.97. The van der Waals surface area contributed by atoms with Gasteiger partial charge in [0, 0.05) is 36.6 Å². The zero-order chi connectivity index (χ0) is 25.9. The van der Waals surface area contributed by atoms with Crippen LogP contribution in [0.1, 0.15) is 24.0 Å². The van der Waals surface area contributed by atoms with Crippen LogP contribution in [0.5, 0.6) is 0 Å². The molecular weight excluding hydrogens is 470 g/mol. The number of benzene rings is 3. The molecule has 0 saturated carbocycles. The lowest BCUT2D eigenvalue weighted by atomic mass is 9.95. The lowest BCUT2D eigenvalue weighted by Crippen LogP contribution is -2.25. The number of nitrogens with one attached hydrogen (secondary N) is 3. The van der Waals surface area contributed by atoms with E-state index < -0.39 is 4.92 Å². The largest absolute Gasteiger partial charge is 0.384 e. The fourth-order valence-electron chi connectivity index (χ4n) is 4.95. The molecule has 1 aliphatic heterocycles. The highest BCUT2D eigenvalue weighted by Gasteiger charge is 2.25. The van der Waals surface area contributed by atoms with E-state index in [9.17, 15) is 15.0 Å². The van der Waals surface area contributed by atoms with Crippen molar-refractivity contribution in [3.63, 3.8) is 0 Å². The number of fused-ring (bicyclic) bond motifs is 1. The minimum absolute atomic E-state index is 0.0106. The van der Waals surface area contributed by atoms with Crippen molar-refractivity contribution in [1.82, 2.24) is 15.0 Å². The highest BCUT2D eigenvalue weighted by atomic mass is 16.6. The van der Waals surface area contributed by atoms with E-state index in [1.165, 1.54) is 32.0 Å². The van der Waals surface area contributed by atoms with Gasteiger partial charge in [0.05, 0.1) is 9.83 Å². The second-order valence-electron chi connectivity index (χ2n) is 9.43. The average molecular weight is 501 g/mol. The van der Waals surface area contributed by atoms with Crippen molar-refractivity contribution < 1.29 is 9.47 Å². The molecule has 1 fully saturated rings. The third-order valence-corrected chi connectivity index (χ3v) is 6.79. The van der Waals surface area contributed by atoms with Crippen molar-refractivity contribution in [2.24, 2.45) is 0 Å². The summed E-state index contributed by atoms with van der Waals surface area (Å²) in [7, 11) is 0. The van der Waals surface area contributed by atoms with Crippen molar-refractivity contribution in [2.45, 2.75) is 26.7 Å². The predicted molar refractivity (Wildman–Crippen MR) is 145 cm³/mol. The molecule has 0 radical (unpaired) electrons. The minimum Gasteiger partial charge on any atom is -0.384 e. The SMILES string of the molecule is Cc1cccc(C)c1-c1cc([N+](=O)[O-])c2nc(Nc3ccc(NCCN4CCCC4)cc3)[nH][n+](=O)c2c1. The first-order chi connectivity index (χ1) is 17.9. The molecule has 10 heteroatoms. The molecule has 37 heavy (non-hydrogen) atoms. The molecule has 2 heterocycles. The number of hydrogen-bond acceptors (Lipinski definition) is 7. The Balaban J connectivity index is 1.40. The number of non-ortho nitro benzene ring substituents is 1. The van der Waals surface area contributed by atoms with E-state index in [-0.39, 0.29) is 22.7 Å². The molecule has 0 bridgehead atoms. The molecule has 1 saturated heterocycles. The summed E-state index contributed by atoms with van der Waals surface area (Å²) in [4.78, 5) is 31.3. The summed E-state index contributed by atoms with van der Waals surface area (Å²) in [5.74, 6) is 0.111.